The maximum Gasteiger partial charge on any atom is 0.256 e. The van der Waals surface area contributed by atoms with Gasteiger partial charge in [-0.3, -0.25) is 4.79 Å². The van der Waals surface area contributed by atoms with Crippen LogP contribution in [0.15, 0.2) is 36.4 Å². The molecule has 2 aromatic carbocycles. The van der Waals surface area contributed by atoms with Crippen LogP contribution in [0.5, 0.6) is 11.5 Å². The molecule has 0 fully saturated rings. The van der Waals surface area contributed by atoms with Gasteiger partial charge in [-0.05, 0) is 56.5 Å². The molecule has 1 aliphatic heterocycles. The maximum absolute atomic E-state index is 12.9. The highest BCUT2D eigenvalue weighted by Crippen LogP contribution is 2.31. The summed E-state index contributed by atoms with van der Waals surface area (Å²) in [6, 6.07) is 11.3. The van der Waals surface area contributed by atoms with Gasteiger partial charge in [-0.15, -0.1) is 0 Å². The average Bonchev–Trinajstić information content (AvgIpc) is 2.63. The van der Waals surface area contributed by atoms with Crippen LogP contribution < -0.4 is 20.1 Å². The van der Waals surface area contributed by atoms with Crippen molar-refractivity contribution in [3.8, 4) is 11.5 Å². The standard InChI is InChI=1S/C20H24N2O3/c1-3-24-14-10-11-19(25-4-2)18(13-14)22-20(23)16-7-5-9-17-15(16)8-6-12-21-17/h5,7,9-11,13,21H,3-4,6,8,12H2,1-2H3,(H,22,23). The van der Waals surface area contributed by atoms with E-state index in [-0.39, 0.29) is 5.91 Å². The van der Waals surface area contributed by atoms with E-state index in [1.807, 2.05) is 44.2 Å². The summed E-state index contributed by atoms with van der Waals surface area (Å²) in [5.41, 5.74) is 3.45. The van der Waals surface area contributed by atoms with E-state index in [1.165, 1.54) is 0 Å². The minimum Gasteiger partial charge on any atom is -0.494 e. The lowest BCUT2D eigenvalue weighted by Gasteiger charge is -2.21. The van der Waals surface area contributed by atoms with Gasteiger partial charge in [0.25, 0.3) is 5.91 Å². The minimum atomic E-state index is -0.129. The fourth-order valence-electron chi connectivity index (χ4n) is 3.06. The first kappa shape index (κ1) is 17.1. The summed E-state index contributed by atoms with van der Waals surface area (Å²) in [5, 5.41) is 6.34. The molecule has 0 aliphatic carbocycles. The molecule has 2 aromatic rings. The van der Waals surface area contributed by atoms with Crippen molar-refractivity contribution >= 4 is 17.3 Å². The third-order valence-corrected chi connectivity index (χ3v) is 4.15. The van der Waals surface area contributed by atoms with Crippen molar-refractivity contribution in [2.75, 3.05) is 30.4 Å². The zero-order valence-electron chi connectivity index (χ0n) is 14.7. The van der Waals surface area contributed by atoms with Crippen molar-refractivity contribution in [2.24, 2.45) is 0 Å². The van der Waals surface area contributed by atoms with Crippen LogP contribution in [0.1, 0.15) is 36.2 Å². The predicted molar refractivity (Wildman–Crippen MR) is 100.0 cm³/mol. The first-order valence-corrected chi connectivity index (χ1v) is 8.79. The van der Waals surface area contributed by atoms with Crippen LogP contribution in [0, 0.1) is 0 Å². The number of carbonyl (C=O) groups is 1. The number of rotatable bonds is 6. The van der Waals surface area contributed by atoms with Crippen LogP contribution in [-0.2, 0) is 6.42 Å². The second kappa shape index (κ2) is 7.92. The van der Waals surface area contributed by atoms with Gasteiger partial charge in [0.2, 0.25) is 0 Å². The molecule has 1 heterocycles. The van der Waals surface area contributed by atoms with Crippen molar-refractivity contribution in [3.05, 3.63) is 47.5 Å². The number of anilines is 2. The molecule has 132 valence electrons. The molecule has 2 N–H and O–H groups in total. The molecule has 0 radical (unpaired) electrons. The Bertz CT molecular complexity index is 759. The average molecular weight is 340 g/mol. The van der Waals surface area contributed by atoms with Gasteiger partial charge in [-0.1, -0.05) is 6.07 Å². The van der Waals surface area contributed by atoms with E-state index in [2.05, 4.69) is 10.6 Å². The van der Waals surface area contributed by atoms with Crippen LogP contribution in [0.3, 0.4) is 0 Å². The van der Waals surface area contributed by atoms with Gasteiger partial charge in [0.05, 0.1) is 18.9 Å². The zero-order valence-corrected chi connectivity index (χ0v) is 14.7. The number of fused-ring (bicyclic) bond motifs is 1. The maximum atomic E-state index is 12.9. The summed E-state index contributed by atoms with van der Waals surface area (Å²) < 4.78 is 11.2. The summed E-state index contributed by atoms with van der Waals surface area (Å²) in [6.45, 7) is 5.89. The van der Waals surface area contributed by atoms with Crippen LogP contribution >= 0.6 is 0 Å². The summed E-state index contributed by atoms with van der Waals surface area (Å²) in [4.78, 5) is 12.9. The van der Waals surface area contributed by atoms with Gasteiger partial charge in [0.1, 0.15) is 11.5 Å². The van der Waals surface area contributed by atoms with E-state index in [4.69, 9.17) is 9.47 Å². The number of hydrogen-bond donors (Lipinski definition) is 2. The molecule has 1 aliphatic rings. The van der Waals surface area contributed by atoms with Gasteiger partial charge in [-0.25, -0.2) is 0 Å². The smallest absolute Gasteiger partial charge is 0.256 e. The summed E-state index contributed by atoms with van der Waals surface area (Å²) >= 11 is 0. The number of ether oxygens (including phenoxy) is 2. The Morgan fingerprint density at radius 1 is 1.16 bits per heavy atom. The highest BCUT2D eigenvalue weighted by Gasteiger charge is 2.18. The van der Waals surface area contributed by atoms with Crippen molar-refractivity contribution in [2.45, 2.75) is 26.7 Å². The van der Waals surface area contributed by atoms with E-state index >= 15 is 0 Å². The van der Waals surface area contributed by atoms with Crippen LogP contribution in [0.4, 0.5) is 11.4 Å². The topological polar surface area (TPSA) is 59.6 Å². The van der Waals surface area contributed by atoms with Crippen molar-refractivity contribution in [3.63, 3.8) is 0 Å². The van der Waals surface area contributed by atoms with Gasteiger partial charge >= 0.3 is 0 Å². The first-order valence-electron chi connectivity index (χ1n) is 8.79. The Kier molecular flexibility index (Phi) is 5.43. The predicted octanol–water partition coefficient (Wildman–Crippen LogP) is 4.09. The number of hydrogen-bond acceptors (Lipinski definition) is 4. The molecule has 0 aromatic heterocycles. The third kappa shape index (κ3) is 3.87. The third-order valence-electron chi connectivity index (χ3n) is 4.15. The Morgan fingerprint density at radius 2 is 2.00 bits per heavy atom. The zero-order chi connectivity index (χ0) is 17.6. The molecule has 0 saturated heterocycles. The van der Waals surface area contributed by atoms with Crippen LogP contribution in [0.2, 0.25) is 0 Å². The van der Waals surface area contributed by atoms with Crippen LogP contribution in [0.25, 0.3) is 0 Å². The molecular formula is C20H24N2O3. The molecule has 5 heteroatoms. The Labute approximate surface area is 148 Å². The summed E-state index contributed by atoms with van der Waals surface area (Å²) in [5.74, 6) is 1.22. The largest absolute Gasteiger partial charge is 0.494 e. The van der Waals surface area contributed by atoms with Crippen molar-refractivity contribution in [1.82, 2.24) is 0 Å². The second-order valence-electron chi connectivity index (χ2n) is 5.84. The Hall–Kier alpha value is -2.69. The molecule has 1 amide bonds. The number of carbonyl (C=O) groups excluding carboxylic acids is 1. The van der Waals surface area contributed by atoms with Gasteiger partial charge in [0.15, 0.2) is 0 Å². The first-order chi connectivity index (χ1) is 12.2. The number of nitrogens with one attached hydrogen (secondary N) is 2. The lowest BCUT2D eigenvalue weighted by Crippen LogP contribution is -2.19. The molecule has 0 unspecified atom stereocenters. The van der Waals surface area contributed by atoms with Crippen molar-refractivity contribution in [1.29, 1.82) is 0 Å². The normalized spacial score (nSPS) is 12.7. The molecule has 5 nitrogen and oxygen atoms in total. The summed E-state index contributed by atoms with van der Waals surface area (Å²) in [6.07, 6.45) is 1.94. The van der Waals surface area contributed by atoms with Crippen LogP contribution in [-0.4, -0.2) is 25.7 Å². The molecule has 0 saturated carbocycles. The van der Waals surface area contributed by atoms with Gasteiger partial charge in [-0.2, -0.15) is 0 Å². The SMILES string of the molecule is CCOc1ccc(OCC)c(NC(=O)c2cccc3c2CCCN3)c1. The molecule has 3 rings (SSSR count). The monoisotopic (exact) mass is 340 g/mol. The van der Waals surface area contributed by atoms with E-state index < -0.39 is 0 Å². The highest BCUT2D eigenvalue weighted by atomic mass is 16.5. The Morgan fingerprint density at radius 3 is 2.80 bits per heavy atom. The van der Waals surface area contributed by atoms with Gasteiger partial charge < -0.3 is 20.1 Å². The molecule has 25 heavy (non-hydrogen) atoms. The quantitative estimate of drug-likeness (QED) is 0.831. The van der Waals surface area contributed by atoms with E-state index in [0.717, 1.165) is 30.6 Å². The molecule has 0 atom stereocenters. The van der Waals surface area contributed by atoms with E-state index in [9.17, 15) is 4.79 Å². The molecule has 0 bridgehead atoms. The van der Waals surface area contributed by atoms with Crippen molar-refractivity contribution < 1.29 is 14.3 Å². The minimum absolute atomic E-state index is 0.129. The second-order valence-corrected chi connectivity index (χ2v) is 5.84. The summed E-state index contributed by atoms with van der Waals surface area (Å²) in [7, 11) is 0. The fourth-order valence-corrected chi connectivity index (χ4v) is 3.06. The number of amides is 1. The highest BCUT2D eigenvalue weighted by molar-refractivity contribution is 6.07. The molecular weight excluding hydrogens is 316 g/mol. The fraction of sp³-hybridized carbons (Fsp3) is 0.350. The van der Waals surface area contributed by atoms with Gasteiger partial charge in [0, 0.05) is 23.9 Å². The Balaban J connectivity index is 1.88. The van der Waals surface area contributed by atoms with E-state index in [1.54, 1.807) is 6.07 Å². The lowest BCUT2D eigenvalue weighted by atomic mass is 9.97. The number of benzene rings is 2. The van der Waals surface area contributed by atoms with E-state index in [0.29, 0.717) is 36.0 Å². The molecule has 0 spiro atoms. The lowest BCUT2D eigenvalue weighted by molar-refractivity contribution is 0.102.